The van der Waals surface area contributed by atoms with Crippen LogP contribution in [0, 0.1) is 11.3 Å². The lowest BCUT2D eigenvalue weighted by Gasteiger charge is -2.43. The van der Waals surface area contributed by atoms with E-state index in [0.29, 0.717) is 24.2 Å². The molecule has 0 aromatic heterocycles. The van der Waals surface area contributed by atoms with Gasteiger partial charge in [0.15, 0.2) is 0 Å². The normalized spacial score (nSPS) is 23.9. The van der Waals surface area contributed by atoms with Gasteiger partial charge in [-0.1, -0.05) is 26.8 Å². The maximum Gasteiger partial charge on any atom is 0.411 e. The van der Waals surface area contributed by atoms with Crippen molar-refractivity contribution in [1.29, 1.82) is 0 Å². The van der Waals surface area contributed by atoms with Gasteiger partial charge in [0.2, 0.25) is 5.91 Å². The summed E-state index contributed by atoms with van der Waals surface area (Å²) in [5, 5.41) is 8.09. The molecule has 1 aliphatic carbocycles. The van der Waals surface area contributed by atoms with E-state index >= 15 is 0 Å². The Labute approximate surface area is 193 Å². The van der Waals surface area contributed by atoms with Crippen molar-refractivity contribution in [2.45, 2.75) is 45.6 Å². The smallest absolute Gasteiger partial charge is 0.411 e. The zero-order valence-electron chi connectivity index (χ0n) is 19.5. The van der Waals surface area contributed by atoms with Crippen LogP contribution >= 0.6 is 0 Å². The molecule has 2 unspecified atom stereocenters. The molecule has 0 bridgehead atoms. The molecule has 1 aliphatic heterocycles. The van der Waals surface area contributed by atoms with Crippen molar-refractivity contribution in [3.05, 3.63) is 24.3 Å². The van der Waals surface area contributed by atoms with E-state index in [1.165, 1.54) is 7.11 Å². The van der Waals surface area contributed by atoms with Crippen molar-refractivity contribution in [2.24, 2.45) is 11.3 Å². The molecule has 33 heavy (non-hydrogen) atoms. The number of amides is 5. The third-order valence-corrected chi connectivity index (χ3v) is 5.84. The first-order valence-corrected chi connectivity index (χ1v) is 11.0. The number of anilines is 2. The predicted octanol–water partition coefficient (Wildman–Crippen LogP) is 2.96. The third-order valence-electron chi connectivity index (χ3n) is 5.84. The molecular weight excluding hydrogens is 428 g/mol. The Morgan fingerprint density at radius 3 is 2.52 bits per heavy atom. The molecule has 2 fully saturated rings. The molecule has 2 aliphatic rings. The van der Waals surface area contributed by atoms with Gasteiger partial charge in [-0.25, -0.2) is 9.59 Å². The number of rotatable bonds is 7. The van der Waals surface area contributed by atoms with Crippen molar-refractivity contribution < 1.29 is 28.7 Å². The number of nitrogens with zero attached hydrogens (tertiary/aromatic N) is 1. The number of methoxy groups -OCH3 is 1. The second-order valence-electron chi connectivity index (χ2n) is 9.64. The Bertz CT molecular complexity index is 933. The van der Waals surface area contributed by atoms with Gasteiger partial charge in [0.1, 0.15) is 18.7 Å². The van der Waals surface area contributed by atoms with Crippen LogP contribution in [0.3, 0.4) is 0 Å². The molecule has 0 radical (unpaired) electrons. The number of urea groups is 1. The number of imide groups is 1. The van der Waals surface area contributed by atoms with Crippen LogP contribution in [-0.2, 0) is 19.1 Å². The highest BCUT2D eigenvalue weighted by molar-refractivity contribution is 6.10. The van der Waals surface area contributed by atoms with Crippen molar-refractivity contribution in [1.82, 2.24) is 10.2 Å². The quantitative estimate of drug-likeness (QED) is 0.424. The summed E-state index contributed by atoms with van der Waals surface area (Å²) in [6, 6.07) is 5.93. The van der Waals surface area contributed by atoms with E-state index in [1.54, 1.807) is 24.3 Å². The molecule has 1 heterocycles. The lowest BCUT2D eigenvalue weighted by atomic mass is 9.64. The molecule has 180 valence electrons. The van der Waals surface area contributed by atoms with Gasteiger partial charge in [-0.05, 0) is 48.8 Å². The van der Waals surface area contributed by atoms with E-state index in [-0.39, 0.29) is 30.5 Å². The van der Waals surface area contributed by atoms with Crippen LogP contribution in [0.4, 0.5) is 21.0 Å². The maximum atomic E-state index is 13.2. The highest BCUT2D eigenvalue weighted by Gasteiger charge is 2.56. The fourth-order valence-electron chi connectivity index (χ4n) is 5.04. The number of carbonyl (C=O) groups excluding carboxylic acids is 4. The topological polar surface area (TPSA) is 126 Å². The Morgan fingerprint density at radius 1 is 1.15 bits per heavy atom. The largest absolute Gasteiger partial charge is 0.447 e. The van der Waals surface area contributed by atoms with E-state index in [9.17, 15) is 19.2 Å². The van der Waals surface area contributed by atoms with E-state index in [0.717, 1.165) is 11.3 Å². The van der Waals surface area contributed by atoms with Gasteiger partial charge in [0.25, 0.3) is 5.91 Å². The van der Waals surface area contributed by atoms with E-state index in [4.69, 9.17) is 9.47 Å². The van der Waals surface area contributed by atoms with Crippen LogP contribution in [0.5, 0.6) is 0 Å². The van der Waals surface area contributed by atoms with Crippen molar-refractivity contribution in [3.8, 4) is 0 Å². The maximum absolute atomic E-state index is 13.2. The van der Waals surface area contributed by atoms with Gasteiger partial charge in [0, 0.05) is 18.5 Å². The van der Waals surface area contributed by atoms with Crippen LogP contribution in [0.2, 0.25) is 0 Å². The highest BCUT2D eigenvalue weighted by atomic mass is 16.6. The van der Waals surface area contributed by atoms with Crippen LogP contribution in [0.1, 0.15) is 40.0 Å². The number of benzene rings is 1. The minimum absolute atomic E-state index is 0.0863. The predicted molar refractivity (Wildman–Crippen MR) is 122 cm³/mol. The first-order valence-electron chi connectivity index (χ1n) is 11.0. The first kappa shape index (κ1) is 24.5. The summed E-state index contributed by atoms with van der Waals surface area (Å²) in [4.78, 5) is 51.2. The van der Waals surface area contributed by atoms with Crippen molar-refractivity contribution >= 4 is 35.3 Å². The number of carbonyl (C=O) groups is 4. The molecule has 3 N–H and O–H groups in total. The van der Waals surface area contributed by atoms with Gasteiger partial charge in [-0.15, -0.1) is 0 Å². The molecular formula is C23H32N4O6. The average molecular weight is 461 g/mol. The Balaban J connectivity index is 1.60. The minimum atomic E-state index is -0.953. The third kappa shape index (κ3) is 6.01. The highest BCUT2D eigenvalue weighted by Crippen LogP contribution is 2.46. The van der Waals surface area contributed by atoms with E-state index in [1.807, 2.05) is 0 Å². The summed E-state index contributed by atoms with van der Waals surface area (Å²) < 4.78 is 9.76. The fraction of sp³-hybridized carbons (Fsp3) is 0.565. The van der Waals surface area contributed by atoms with Crippen molar-refractivity contribution in [3.63, 3.8) is 0 Å². The Morgan fingerprint density at radius 2 is 1.85 bits per heavy atom. The Hall–Kier alpha value is -3.14. The second kappa shape index (κ2) is 9.78. The second-order valence-corrected chi connectivity index (χ2v) is 9.64. The minimum Gasteiger partial charge on any atom is -0.447 e. The summed E-state index contributed by atoms with van der Waals surface area (Å²) in [6.07, 6.45) is 1.43. The number of hydrogen-bond donors (Lipinski definition) is 3. The summed E-state index contributed by atoms with van der Waals surface area (Å²) >= 11 is 0. The van der Waals surface area contributed by atoms with Crippen LogP contribution in [0.15, 0.2) is 24.3 Å². The zero-order chi connectivity index (χ0) is 24.2. The van der Waals surface area contributed by atoms with Gasteiger partial charge in [-0.2, -0.15) is 0 Å². The number of ether oxygens (including phenoxy) is 2. The molecule has 1 aromatic rings. The van der Waals surface area contributed by atoms with Gasteiger partial charge < -0.3 is 20.1 Å². The molecule has 1 aromatic carbocycles. The Kier molecular flexibility index (Phi) is 7.26. The van der Waals surface area contributed by atoms with Crippen LogP contribution in [-0.4, -0.2) is 61.2 Å². The van der Waals surface area contributed by atoms with Crippen LogP contribution < -0.4 is 16.0 Å². The summed E-state index contributed by atoms with van der Waals surface area (Å²) in [5.74, 6) is -0.585. The fourth-order valence-corrected chi connectivity index (χ4v) is 5.04. The molecule has 10 heteroatoms. The average Bonchev–Trinajstić information content (AvgIpc) is 2.90. The van der Waals surface area contributed by atoms with Gasteiger partial charge >= 0.3 is 12.1 Å². The lowest BCUT2D eigenvalue weighted by Crippen LogP contribution is -2.54. The van der Waals surface area contributed by atoms with Gasteiger partial charge in [0.05, 0.1) is 6.61 Å². The molecule has 1 spiro atoms. The zero-order valence-corrected chi connectivity index (χ0v) is 19.5. The first-order chi connectivity index (χ1) is 15.5. The van der Waals surface area contributed by atoms with E-state index in [2.05, 4.69) is 36.7 Å². The molecule has 10 nitrogen and oxygen atoms in total. The number of nitrogens with one attached hydrogen (secondary N) is 3. The molecule has 1 saturated carbocycles. The molecule has 3 rings (SSSR count). The SMILES string of the molecule is COCCOC(=O)Nc1cccc(NC(=O)CN2C(=O)NC3(CC(C)CC(C)(C)C3)C2=O)c1. The van der Waals surface area contributed by atoms with E-state index < -0.39 is 30.1 Å². The van der Waals surface area contributed by atoms with Crippen LogP contribution in [0.25, 0.3) is 0 Å². The summed E-state index contributed by atoms with van der Waals surface area (Å²) in [5.41, 5.74) is -0.214. The monoisotopic (exact) mass is 460 g/mol. The molecule has 5 amide bonds. The lowest BCUT2D eigenvalue weighted by molar-refractivity contribution is -0.136. The van der Waals surface area contributed by atoms with Gasteiger partial charge in [-0.3, -0.25) is 19.8 Å². The van der Waals surface area contributed by atoms with Crippen molar-refractivity contribution in [2.75, 3.05) is 37.5 Å². The standard InChI is InChI=1S/C23H32N4O6/c1-15-11-22(2,3)14-23(12-15)19(29)27(20(30)26-23)13-18(28)24-16-6-5-7-17(10-16)25-21(31)33-9-8-32-4/h5-7,10,15H,8-9,11-14H2,1-4H3,(H,24,28)(H,25,31)(H,26,30). The molecule has 1 saturated heterocycles. The number of hydrogen-bond acceptors (Lipinski definition) is 6. The molecule has 2 atom stereocenters. The summed E-state index contributed by atoms with van der Waals surface area (Å²) in [7, 11) is 1.50. The summed E-state index contributed by atoms with van der Waals surface area (Å²) in [6.45, 7) is 6.26.